The van der Waals surface area contributed by atoms with Crippen molar-refractivity contribution in [3.05, 3.63) is 17.4 Å². The number of nitrogens with zero attached hydrogens (tertiary/aromatic N) is 2. The number of hydrogen-bond acceptors (Lipinski definition) is 9. The van der Waals surface area contributed by atoms with E-state index in [9.17, 15) is 14.4 Å². The van der Waals surface area contributed by atoms with Crippen LogP contribution in [0.15, 0.2) is 6.07 Å². The monoisotopic (exact) mass is 523 g/mol. The van der Waals surface area contributed by atoms with E-state index in [1.807, 2.05) is 0 Å². The molecule has 1 aliphatic heterocycles. The number of imide groups is 1. The van der Waals surface area contributed by atoms with E-state index in [2.05, 4.69) is 10.6 Å². The quantitative estimate of drug-likeness (QED) is 0.289. The van der Waals surface area contributed by atoms with Crippen molar-refractivity contribution in [2.45, 2.75) is 84.1 Å². The first kappa shape index (κ1) is 28.3. The Kier molecular flexibility index (Phi) is 8.11. The van der Waals surface area contributed by atoms with Crippen LogP contribution in [0.4, 0.5) is 25.4 Å². The molecule has 3 rings (SSSR count). The molecular weight excluding hydrogens is 485 g/mol. The third-order valence-corrected chi connectivity index (χ3v) is 5.62. The SMILES string of the molecule is COc1cc(C(=O)N(N)C(=O)OC(C)(C)C)c(NC2CC2)c(F)c1N1CCC(NC(=O)OC(C)(C)C)C1. The van der Waals surface area contributed by atoms with Gasteiger partial charge in [-0.2, -0.15) is 5.01 Å². The van der Waals surface area contributed by atoms with Gasteiger partial charge in [0.15, 0.2) is 5.82 Å². The first-order valence-electron chi connectivity index (χ1n) is 12.3. The number of benzene rings is 1. The second kappa shape index (κ2) is 10.6. The van der Waals surface area contributed by atoms with E-state index in [0.717, 1.165) is 12.8 Å². The zero-order valence-electron chi connectivity index (χ0n) is 22.6. The summed E-state index contributed by atoms with van der Waals surface area (Å²) in [6, 6.07) is 1.09. The lowest BCUT2D eigenvalue weighted by Crippen LogP contribution is -2.45. The van der Waals surface area contributed by atoms with Gasteiger partial charge >= 0.3 is 12.2 Å². The Hall–Kier alpha value is -3.28. The highest BCUT2D eigenvalue weighted by atomic mass is 19.1. The van der Waals surface area contributed by atoms with Gasteiger partial charge in [-0.3, -0.25) is 4.79 Å². The molecule has 1 unspecified atom stereocenters. The number of ether oxygens (including phenoxy) is 3. The normalized spacial score (nSPS) is 17.8. The van der Waals surface area contributed by atoms with Crippen molar-refractivity contribution in [1.82, 2.24) is 10.3 Å². The summed E-state index contributed by atoms with van der Waals surface area (Å²) in [5, 5.41) is 6.20. The first-order valence-corrected chi connectivity index (χ1v) is 12.3. The average molecular weight is 524 g/mol. The predicted molar refractivity (Wildman–Crippen MR) is 136 cm³/mol. The van der Waals surface area contributed by atoms with Crippen molar-refractivity contribution in [3.63, 3.8) is 0 Å². The standard InChI is InChI=1S/C25H38FN5O6/c1-24(2,3)36-22(33)29-15-10-11-30(13-15)20-17(35-7)12-16(19(18(20)26)28-14-8-9-14)21(32)31(27)23(34)37-25(4,5)6/h12,14-15,28H,8-11,13,27H2,1-7H3,(H,29,33). The minimum Gasteiger partial charge on any atom is -0.494 e. The third kappa shape index (κ3) is 7.37. The first-order chi connectivity index (χ1) is 17.1. The van der Waals surface area contributed by atoms with Crippen molar-refractivity contribution >= 4 is 29.5 Å². The Morgan fingerprint density at radius 2 is 1.68 bits per heavy atom. The highest BCUT2D eigenvalue weighted by Crippen LogP contribution is 2.42. The second-order valence-electron chi connectivity index (χ2n) is 11.3. The topological polar surface area (TPSA) is 135 Å². The number of halogens is 1. The average Bonchev–Trinajstić information content (AvgIpc) is 3.47. The summed E-state index contributed by atoms with van der Waals surface area (Å²) in [6.45, 7) is 11.0. The van der Waals surface area contributed by atoms with Crippen molar-refractivity contribution in [3.8, 4) is 5.75 Å². The summed E-state index contributed by atoms with van der Waals surface area (Å²) in [4.78, 5) is 39.6. The number of nitrogens with two attached hydrogens (primary N) is 1. The molecule has 0 radical (unpaired) electrons. The summed E-state index contributed by atoms with van der Waals surface area (Å²) in [6.07, 6.45) is 0.586. The molecule has 3 amide bonds. The van der Waals surface area contributed by atoms with E-state index < -0.39 is 35.1 Å². The Balaban J connectivity index is 1.89. The lowest BCUT2D eigenvalue weighted by atomic mass is 10.1. The molecule has 0 bridgehead atoms. The van der Waals surface area contributed by atoms with E-state index in [1.54, 1.807) is 46.4 Å². The fourth-order valence-electron chi connectivity index (χ4n) is 3.89. The van der Waals surface area contributed by atoms with Crippen LogP contribution >= 0.6 is 0 Å². The highest BCUT2D eigenvalue weighted by molar-refractivity contribution is 6.07. The summed E-state index contributed by atoms with van der Waals surface area (Å²) < 4.78 is 32.1. The van der Waals surface area contributed by atoms with E-state index in [-0.39, 0.29) is 34.8 Å². The van der Waals surface area contributed by atoms with Gasteiger partial charge in [0.05, 0.1) is 24.4 Å². The van der Waals surface area contributed by atoms with Gasteiger partial charge in [0, 0.05) is 19.1 Å². The Bertz CT molecular complexity index is 1050. The van der Waals surface area contributed by atoms with Gasteiger partial charge in [0.25, 0.3) is 5.91 Å². The van der Waals surface area contributed by atoms with Crippen molar-refractivity contribution in [1.29, 1.82) is 0 Å². The number of alkyl carbamates (subject to hydrolysis) is 1. The summed E-state index contributed by atoms with van der Waals surface area (Å²) in [7, 11) is 1.36. The van der Waals surface area contributed by atoms with E-state index >= 15 is 4.39 Å². The molecule has 37 heavy (non-hydrogen) atoms. The molecular formula is C25H38FN5O6. The summed E-state index contributed by atoms with van der Waals surface area (Å²) in [5.41, 5.74) is -1.58. The molecule has 2 fully saturated rings. The minimum absolute atomic E-state index is 0.00444. The van der Waals surface area contributed by atoms with Crippen LogP contribution in [0.2, 0.25) is 0 Å². The third-order valence-electron chi connectivity index (χ3n) is 5.62. The largest absolute Gasteiger partial charge is 0.494 e. The molecule has 1 saturated carbocycles. The maximum absolute atomic E-state index is 16.1. The van der Waals surface area contributed by atoms with Crippen LogP contribution in [0.1, 0.15) is 71.2 Å². The number of anilines is 2. The molecule has 1 aliphatic carbocycles. The number of hydrogen-bond donors (Lipinski definition) is 3. The van der Waals surface area contributed by atoms with Gasteiger partial charge in [0.1, 0.15) is 22.6 Å². The minimum atomic E-state index is -1.06. The van der Waals surface area contributed by atoms with Crippen molar-refractivity contribution in [2.75, 3.05) is 30.4 Å². The van der Waals surface area contributed by atoms with Gasteiger partial charge in [-0.1, -0.05) is 0 Å². The van der Waals surface area contributed by atoms with Gasteiger partial charge < -0.3 is 29.7 Å². The molecule has 4 N–H and O–H groups in total. The van der Waals surface area contributed by atoms with Crippen LogP contribution in [-0.4, -0.2) is 66.6 Å². The number of hydrazine groups is 1. The molecule has 11 nitrogen and oxygen atoms in total. The van der Waals surface area contributed by atoms with Crippen molar-refractivity contribution < 1.29 is 33.0 Å². The van der Waals surface area contributed by atoms with Gasteiger partial charge in [-0.15, -0.1) is 0 Å². The molecule has 12 heteroatoms. The van der Waals surface area contributed by atoms with E-state index in [0.29, 0.717) is 24.5 Å². The van der Waals surface area contributed by atoms with Gasteiger partial charge in [-0.05, 0) is 66.9 Å². The van der Waals surface area contributed by atoms with E-state index in [4.69, 9.17) is 20.1 Å². The lowest BCUT2D eigenvalue weighted by Gasteiger charge is -2.27. The Morgan fingerprint density at radius 1 is 1.05 bits per heavy atom. The predicted octanol–water partition coefficient (Wildman–Crippen LogP) is 3.76. The smallest absolute Gasteiger partial charge is 0.432 e. The molecule has 1 aromatic rings. The molecule has 1 saturated heterocycles. The molecule has 2 aliphatic rings. The number of carbonyl (C=O) groups excluding carboxylic acids is 3. The second-order valence-corrected chi connectivity index (χ2v) is 11.3. The number of rotatable bonds is 6. The molecule has 1 heterocycles. The molecule has 1 aromatic carbocycles. The number of methoxy groups -OCH3 is 1. The number of nitrogens with one attached hydrogen (secondary N) is 2. The fourth-order valence-corrected chi connectivity index (χ4v) is 3.89. The van der Waals surface area contributed by atoms with Crippen LogP contribution in [0.5, 0.6) is 5.75 Å². The molecule has 206 valence electrons. The Labute approximate surface area is 216 Å². The maximum atomic E-state index is 16.1. The summed E-state index contributed by atoms with van der Waals surface area (Å²) >= 11 is 0. The molecule has 0 spiro atoms. The van der Waals surface area contributed by atoms with Crippen LogP contribution < -0.4 is 26.1 Å². The van der Waals surface area contributed by atoms with Crippen LogP contribution in [0.3, 0.4) is 0 Å². The van der Waals surface area contributed by atoms with Crippen LogP contribution in [0.25, 0.3) is 0 Å². The van der Waals surface area contributed by atoms with E-state index in [1.165, 1.54) is 13.2 Å². The van der Waals surface area contributed by atoms with Crippen molar-refractivity contribution in [2.24, 2.45) is 5.84 Å². The van der Waals surface area contributed by atoms with Gasteiger partial charge in [0.2, 0.25) is 0 Å². The highest BCUT2D eigenvalue weighted by Gasteiger charge is 2.36. The van der Waals surface area contributed by atoms with Gasteiger partial charge in [-0.25, -0.2) is 19.8 Å². The molecule has 0 aromatic heterocycles. The number of amides is 3. The molecule has 1 atom stereocenters. The zero-order chi connectivity index (χ0) is 27.7. The van der Waals surface area contributed by atoms with Crippen LogP contribution in [-0.2, 0) is 9.47 Å². The summed E-state index contributed by atoms with van der Waals surface area (Å²) in [5.74, 6) is 4.23. The van der Waals surface area contributed by atoms with Crippen LogP contribution in [0, 0.1) is 5.82 Å². The fraction of sp³-hybridized carbons (Fsp3) is 0.640. The lowest BCUT2D eigenvalue weighted by molar-refractivity contribution is 0.0238. The Morgan fingerprint density at radius 3 is 2.22 bits per heavy atom. The zero-order valence-corrected chi connectivity index (χ0v) is 22.6. The number of carbonyl (C=O) groups is 3. The maximum Gasteiger partial charge on any atom is 0.432 e.